The van der Waals surface area contributed by atoms with Crippen molar-refractivity contribution in [2.24, 2.45) is 0 Å². The minimum atomic E-state index is -3.99. The van der Waals surface area contributed by atoms with Gasteiger partial charge in [0, 0.05) is 44.5 Å². The van der Waals surface area contributed by atoms with Gasteiger partial charge in [0.15, 0.2) is 0 Å². The lowest BCUT2D eigenvalue weighted by Gasteiger charge is -2.36. The number of piperazine rings is 1. The Morgan fingerprint density at radius 3 is 2.31 bits per heavy atom. The molecule has 156 valence electrons. The van der Waals surface area contributed by atoms with E-state index in [1.807, 2.05) is 0 Å². The highest BCUT2D eigenvalue weighted by Crippen LogP contribution is 2.26. The Hall–Kier alpha value is -2.20. The molecule has 3 rings (SSSR count). The number of carbonyl (C=O) groups excluding carboxylic acids is 1. The SMILES string of the molecule is CON(C)S(=O)(=O)c1cc(C(=O)N2CCN(c3ccc(F)cc3)CC2)ccc1Cl. The first-order valence-corrected chi connectivity index (χ1v) is 10.7. The maximum absolute atomic E-state index is 13.1. The molecule has 7 nitrogen and oxygen atoms in total. The van der Waals surface area contributed by atoms with Crippen LogP contribution in [0.3, 0.4) is 0 Å². The van der Waals surface area contributed by atoms with E-state index in [-0.39, 0.29) is 27.2 Å². The summed E-state index contributed by atoms with van der Waals surface area (Å²) in [5.74, 6) is -0.577. The number of carbonyl (C=O) groups is 1. The smallest absolute Gasteiger partial charge is 0.266 e. The van der Waals surface area contributed by atoms with Gasteiger partial charge in [0.25, 0.3) is 15.9 Å². The average molecular weight is 442 g/mol. The van der Waals surface area contributed by atoms with Crippen LogP contribution in [-0.4, -0.2) is 64.0 Å². The molecule has 0 unspecified atom stereocenters. The molecule has 29 heavy (non-hydrogen) atoms. The van der Waals surface area contributed by atoms with Crippen molar-refractivity contribution in [3.8, 4) is 0 Å². The second kappa shape index (κ2) is 8.66. The molecule has 0 bridgehead atoms. The predicted octanol–water partition coefficient (Wildman–Crippen LogP) is 2.62. The number of halogens is 2. The van der Waals surface area contributed by atoms with Crippen LogP contribution in [-0.2, 0) is 14.9 Å². The van der Waals surface area contributed by atoms with Crippen molar-refractivity contribution in [3.63, 3.8) is 0 Å². The first-order chi connectivity index (χ1) is 13.7. The van der Waals surface area contributed by atoms with E-state index in [4.69, 9.17) is 16.4 Å². The van der Waals surface area contributed by atoms with Crippen LogP contribution in [0, 0.1) is 5.82 Å². The van der Waals surface area contributed by atoms with E-state index in [2.05, 4.69) is 4.90 Å². The van der Waals surface area contributed by atoms with Crippen molar-refractivity contribution in [3.05, 3.63) is 58.9 Å². The molecule has 0 aliphatic carbocycles. The van der Waals surface area contributed by atoms with Crippen LogP contribution in [0.25, 0.3) is 0 Å². The van der Waals surface area contributed by atoms with Crippen LogP contribution in [0.15, 0.2) is 47.4 Å². The van der Waals surface area contributed by atoms with Gasteiger partial charge in [-0.3, -0.25) is 9.63 Å². The Morgan fingerprint density at radius 2 is 1.72 bits per heavy atom. The Labute approximate surface area is 174 Å². The average Bonchev–Trinajstić information content (AvgIpc) is 2.73. The molecule has 1 amide bonds. The van der Waals surface area contributed by atoms with Gasteiger partial charge in [-0.2, -0.15) is 0 Å². The zero-order valence-corrected chi connectivity index (χ0v) is 17.6. The van der Waals surface area contributed by atoms with Crippen molar-refractivity contribution in [1.29, 1.82) is 0 Å². The van der Waals surface area contributed by atoms with Crippen molar-refractivity contribution in [2.75, 3.05) is 45.2 Å². The number of sulfonamides is 1. The second-order valence-electron chi connectivity index (χ2n) is 6.50. The van der Waals surface area contributed by atoms with Gasteiger partial charge in [-0.15, -0.1) is 0 Å². The van der Waals surface area contributed by atoms with E-state index in [0.717, 1.165) is 5.69 Å². The lowest BCUT2D eigenvalue weighted by molar-refractivity contribution is -0.0258. The number of hydroxylamine groups is 1. The number of anilines is 1. The van der Waals surface area contributed by atoms with Crippen LogP contribution in [0.2, 0.25) is 5.02 Å². The number of rotatable bonds is 5. The molecule has 0 atom stereocenters. The molecule has 0 aromatic heterocycles. The van der Waals surface area contributed by atoms with E-state index >= 15 is 0 Å². The number of hydrogen-bond donors (Lipinski definition) is 0. The fourth-order valence-electron chi connectivity index (χ4n) is 3.07. The maximum Gasteiger partial charge on any atom is 0.266 e. The van der Waals surface area contributed by atoms with Crippen molar-refractivity contribution in [2.45, 2.75) is 4.90 Å². The zero-order chi connectivity index (χ0) is 21.2. The Morgan fingerprint density at radius 1 is 1.10 bits per heavy atom. The first-order valence-electron chi connectivity index (χ1n) is 8.86. The zero-order valence-electron chi connectivity index (χ0n) is 16.0. The first kappa shape index (κ1) is 21.5. The van der Waals surface area contributed by atoms with Gasteiger partial charge in [0.2, 0.25) is 0 Å². The number of hydrogen-bond acceptors (Lipinski definition) is 5. The summed E-state index contributed by atoms with van der Waals surface area (Å²) in [5, 5.41) is 0.00609. The van der Waals surface area contributed by atoms with Crippen LogP contribution in [0.4, 0.5) is 10.1 Å². The molecular formula is C19H21ClFN3O4S. The molecule has 1 heterocycles. The number of nitrogens with zero attached hydrogens (tertiary/aromatic N) is 3. The normalized spacial score (nSPS) is 15.1. The fourth-order valence-corrected chi connectivity index (χ4v) is 4.55. The molecule has 1 aliphatic heterocycles. The van der Waals surface area contributed by atoms with E-state index in [1.165, 1.54) is 44.5 Å². The third kappa shape index (κ3) is 4.53. The van der Waals surface area contributed by atoms with E-state index in [0.29, 0.717) is 30.6 Å². The molecule has 2 aromatic carbocycles. The van der Waals surface area contributed by atoms with E-state index in [1.54, 1.807) is 17.0 Å². The number of amides is 1. The molecule has 0 N–H and O–H groups in total. The van der Waals surface area contributed by atoms with Crippen LogP contribution < -0.4 is 4.90 Å². The summed E-state index contributed by atoms with van der Waals surface area (Å²) in [7, 11) is -1.52. The lowest BCUT2D eigenvalue weighted by Crippen LogP contribution is -2.48. The molecule has 10 heteroatoms. The van der Waals surface area contributed by atoms with Gasteiger partial charge < -0.3 is 9.80 Å². The van der Waals surface area contributed by atoms with Crippen LogP contribution >= 0.6 is 11.6 Å². The Balaban J connectivity index is 1.75. The predicted molar refractivity (Wildman–Crippen MR) is 108 cm³/mol. The van der Waals surface area contributed by atoms with Gasteiger partial charge in [0.05, 0.1) is 12.1 Å². The highest BCUT2D eigenvalue weighted by molar-refractivity contribution is 7.89. The van der Waals surface area contributed by atoms with Gasteiger partial charge in [-0.05, 0) is 42.5 Å². The molecule has 2 aromatic rings. The summed E-state index contributed by atoms with van der Waals surface area (Å²) in [4.78, 5) is 21.2. The van der Waals surface area contributed by atoms with E-state index < -0.39 is 10.0 Å². The van der Waals surface area contributed by atoms with Crippen molar-refractivity contribution >= 4 is 33.2 Å². The summed E-state index contributed by atoms with van der Waals surface area (Å²) in [5.41, 5.74) is 1.12. The minimum Gasteiger partial charge on any atom is -0.368 e. The molecule has 1 saturated heterocycles. The quantitative estimate of drug-likeness (QED) is 0.667. The molecule has 1 fully saturated rings. The molecular weight excluding hydrogens is 421 g/mol. The Bertz CT molecular complexity index is 993. The summed E-state index contributed by atoms with van der Waals surface area (Å²) in [6, 6.07) is 10.4. The Kier molecular flexibility index (Phi) is 6.42. The highest BCUT2D eigenvalue weighted by atomic mass is 35.5. The summed E-state index contributed by atoms with van der Waals surface area (Å²) >= 11 is 6.05. The summed E-state index contributed by atoms with van der Waals surface area (Å²) < 4.78 is 38.8. The molecule has 0 radical (unpaired) electrons. The van der Waals surface area contributed by atoms with Crippen LogP contribution in [0.1, 0.15) is 10.4 Å². The summed E-state index contributed by atoms with van der Waals surface area (Å²) in [6.07, 6.45) is 0. The van der Waals surface area contributed by atoms with Gasteiger partial charge in [-0.25, -0.2) is 12.8 Å². The standard InChI is InChI=1S/C19H21ClFN3O4S/c1-22(28-2)29(26,27)18-13-14(3-8-17(18)20)19(25)24-11-9-23(10-12-24)16-6-4-15(21)5-7-16/h3-8,13H,9-12H2,1-2H3. The topological polar surface area (TPSA) is 70.2 Å². The molecule has 0 spiro atoms. The van der Waals surface area contributed by atoms with Crippen LogP contribution in [0.5, 0.6) is 0 Å². The maximum atomic E-state index is 13.1. The minimum absolute atomic E-state index is 0.00609. The van der Waals surface area contributed by atoms with Gasteiger partial charge in [0.1, 0.15) is 10.7 Å². The van der Waals surface area contributed by atoms with Gasteiger partial charge >= 0.3 is 0 Å². The summed E-state index contributed by atoms with van der Waals surface area (Å²) in [6.45, 7) is 2.09. The fraction of sp³-hybridized carbons (Fsp3) is 0.316. The molecule has 0 saturated carbocycles. The van der Waals surface area contributed by atoms with Gasteiger partial charge in [-0.1, -0.05) is 16.1 Å². The van der Waals surface area contributed by atoms with Crippen molar-refractivity contribution < 1.29 is 22.4 Å². The molecule has 1 aliphatic rings. The third-order valence-electron chi connectivity index (χ3n) is 4.81. The van der Waals surface area contributed by atoms with E-state index in [9.17, 15) is 17.6 Å². The largest absolute Gasteiger partial charge is 0.368 e. The number of benzene rings is 2. The highest BCUT2D eigenvalue weighted by Gasteiger charge is 2.27. The second-order valence-corrected chi connectivity index (χ2v) is 8.81. The third-order valence-corrected chi connectivity index (χ3v) is 6.97. The van der Waals surface area contributed by atoms with Crippen molar-refractivity contribution in [1.82, 2.24) is 9.37 Å². The monoisotopic (exact) mass is 441 g/mol. The lowest BCUT2D eigenvalue weighted by atomic mass is 10.1.